The third-order valence-corrected chi connectivity index (χ3v) is 8.69. The Kier molecular flexibility index (Phi) is 10.1. The zero-order valence-electron chi connectivity index (χ0n) is 26.2. The van der Waals surface area contributed by atoms with Gasteiger partial charge in [-0.25, -0.2) is 0 Å². The number of likely N-dealkylation sites (tertiary alicyclic amines) is 2. The molecule has 2 aromatic heterocycles. The van der Waals surface area contributed by atoms with Crippen LogP contribution in [0.4, 0.5) is 24.5 Å². The van der Waals surface area contributed by atoms with E-state index in [0.717, 1.165) is 31.6 Å². The van der Waals surface area contributed by atoms with Crippen LogP contribution in [0.5, 0.6) is 0 Å². The highest BCUT2D eigenvalue weighted by Gasteiger charge is 2.30. The number of carbonyl (C=O) groups excluding carboxylic acids is 1. The molecule has 12 heteroatoms. The van der Waals surface area contributed by atoms with E-state index >= 15 is 0 Å². The number of alkyl halides is 3. The first-order chi connectivity index (χ1) is 21.9. The summed E-state index contributed by atoms with van der Waals surface area (Å²) in [5, 5.41) is 26.3. The van der Waals surface area contributed by atoms with Gasteiger partial charge in [0.2, 0.25) is 5.91 Å². The number of amides is 1. The summed E-state index contributed by atoms with van der Waals surface area (Å²) < 4.78 is 42.2. The van der Waals surface area contributed by atoms with E-state index in [4.69, 9.17) is 0 Å². The molecule has 3 aromatic rings. The number of fused-ring (bicyclic) bond motifs is 1. The lowest BCUT2D eigenvalue weighted by Gasteiger charge is -2.35. The number of carbonyl (C=O) groups is 1. The van der Waals surface area contributed by atoms with Gasteiger partial charge in [-0.3, -0.25) is 14.7 Å². The van der Waals surface area contributed by atoms with E-state index in [0.29, 0.717) is 54.8 Å². The van der Waals surface area contributed by atoms with Gasteiger partial charge >= 0.3 is 6.18 Å². The fourth-order valence-corrected chi connectivity index (χ4v) is 5.93. The molecule has 0 aliphatic carbocycles. The van der Waals surface area contributed by atoms with Crippen molar-refractivity contribution in [2.45, 2.75) is 69.8 Å². The lowest BCUT2D eigenvalue weighted by Crippen LogP contribution is -2.47. The summed E-state index contributed by atoms with van der Waals surface area (Å²) in [4.78, 5) is 21.0. The molecule has 0 bridgehead atoms. The predicted octanol–water partition coefficient (Wildman–Crippen LogP) is 4.72. The van der Waals surface area contributed by atoms with Crippen molar-refractivity contribution in [3.05, 3.63) is 54.0 Å². The maximum absolute atomic E-state index is 13.6. The summed E-state index contributed by atoms with van der Waals surface area (Å²) in [5.41, 5.74) is 2.10. The minimum atomic E-state index is -4.42. The summed E-state index contributed by atoms with van der Waals surface area (Å²) >= 11 is 0. The molecule has 46 heavy (non-hydrogen) atoms. The fraction of sp³-hybridized carbons (Fsp3) is 0.500. The average molecular weight is 636 g/mol. The van der Waals surface area contributed by atoms with Gasteiger partial charge in [-0.2, -0.15) is 18.4 Å². The smallest absolute Gasteiger partial charge is 0.393 e. The number of halogens is 3. The Morgan fingerprint density at radius 2 is 1.83 bits per heavy atom. The second-order valence-corrected chi connectivity index (χ2v) is 12.6. The molecular weight excluding hydrogens is 595 g/mol. The van der Waals surface area contributed by atoms with Gasteiger partial charge in [-0.1, -0.05) is 12.0 Å². The average Bonchev–Trinajstić information content (AvgIpc) is 3.37. The van der Waals surface area contributed by atoms with Gasteiger partial charge in [0.25, 0.3) is 0 Å². The molecule has 2 aliphatic heterocycles. The van der Waals surface area contributed by atoms with Crippen LogP contribution >= 0.6 is 0 Å². The van der Waals surface area contributed by atoms with Crippen LogP contribution in [0, 0.1) is 23.2 Å². The number of nitriles is 1. The molecule has 1 aromatic carbocycles. The summed E-state index contributed by atoms with van der Waals surface area (Å²) in [7, 11) is 0. The van der Waals surface area contributed by atoms with Crippen molar-refractivity contribution in [1.82, 2.24) is 19.4 Å². The molecule has 2 saturated heterocycles. The Morgan fingerprint density at radius 3 is 2.48 bits per heavy atom. The van der Waals surface area contributed by atoms with Gasteiger partial charge in [0.1, 0.15) is 6.54 Å². The van der Waals surface area contributed by atoms with Crippen LogP contribution < -0.4 is 10.6 Å². The van der Waals surface area contributed by atoms with E-state index in [9.17, 15) is 28.3 Å². The van der Waals surface area contributed by atoms with Crippen LogP contribution in [0.3, 0.4) is 0 Å². The van der Waals surface area contributed by atoms with Crippen molar-refractivity contribution in [3.8, 4) is 17.9 Å². The number of anilines is 2. The number of hydrogen-bond donors (Lipinski definition) is 3. The molecule has 9 nitrogen and oxygen atoms in total. The summed E-state index contributed by atoms with van der Waals surface area (Å²) in [6.07, 6.45) is -0.300. The van der Waals surface area contributed by atoms with Gasteiger partial charge in [-0.15, -0.1) is 0 Å². The number of pyridine rings is 1. The second-order valence-electron chi connectivity index (χ2n) is 12.6. The second kappa shape index (κ2) is 14.0. The lowest BCUT2D eigenvalue weighted by molar-refractivity contribution is -0.140. The lowest BCUT2D eigenvalue weighted by atomic mass is 9.91. The van der Waals surface area contributed by atoms with Crippen LogP contribution in [-0.2, 0) is 16.8 Å². The zero-order chi connectivity index (χ0) is 32.9. The maximum atomic E-state index is 13.6. The first-order valence-corrected chi connectivity index (χ1v) is 15.7. The van der Waals surface area contributed by atoms with Gasteiger partial charge < -0.3 is 25.2 Å². The molecule has 0 spiro atoms. The van der Waals surface area contributed by atoms with Crippen LogP contribution in [0.25, 0.3) is 10.9 Å². The number of rotatable bonds is 8. The van der Waals surface area contributed by atoms with Gasteiger partial charge in [-0.05, 0) is 75.8 Å². The van der Waals surface area contributed by atoms with Gasteiger partial charge in [0.15, 0.2) is 0 Å². The van der Waals surface area contributed by atoms with E-state index in [1.54, 1.807) is 50.4 Å². The highest BCUT2D eigenvalue weighted by molar-refractivity contribution is 5.94. The molecule has 2 fully saturated rings. The Morgan fingerprint density at radius 1 is 1.09 bits per heavy atom. The van der Waals surface area contributed by atoms with E-state index in [2.05, 4.69) is 38.4 Å². The third kappa shape index (κ3) is 8.31. The third-order valence-electron chi connectivity index (χ3n) is 8.69. The first-order valence-electron chi connectivity index (χ1n) is 15.7. The summed E-state index contributed by atoms with van der Waals surface area (Å²) in [5.74, 6) is 5.96. The van der Waals surface area contributed by atoms with Crippen molar-refractivity contribution in [3.63, 3.8) is 0 Å². The van der Waals surface area contributed by atoms with Crippen LogP contribution in [0.15, 0.2) is 42.6 Å². The molecule has 1 amide bonds. The molecule has 5 rings (SSSR count). The molecule has 4 heterocycles. The number of aromatic nitrogens is 2. The number of hydrogen-bond acceptors (Lipinski definition) is 7. The van der Waals surface area contributed by atoms with E-state index in [-0.39, 0.29) is 30.3 Å². The quantitative estimate of drug-likeness (QED) is 0.308. The predicted molar refractivity (Wildman–Crippen MR) is 171 cm³/mol. The van der Waals surface area contributed by atoms with Gasteiger partial charge in [0.05, 0.1) is 59.5 Å². The van der Waals surface area contributed by atoms with Gasteiger partial charge in [0, 0.05) is 43.3 Å². The van der Waals surface area contributed by atoms with Crippen molar-refractivity contribution in [2.24, 2.45) is 0 Å². The molecular formula is C34H40F3N7O2. The fourth-order valence-electron chi connectivity index (χ4n) is 5.93. The van der Waals surface area contributed by atoms with E-state index in [1.807, 2.05) is 11.0 Å². The number of piperidine rings is 2. The number of aliphatic hydroxyl groups is 1. The van der Waals surface area contributed by atoms with Crippen LogP contribution in [0.1, 0.15) is 50.9 Å². The summed E-state index contributed by atoms with van der Waals surface area (Å²) in [6, 6.07) is 12.9. The largest absolute Gasteiger partial charge is 0.406 e. The standard InChI is InChI=1S/C34H40F3N7O2/c1-33(2,22-38)31-9-8-25(20-40-31)39-14-4-5-26-19-28-29(6-3-7-30(28)44(26)23-34(35,36)37)41-24-10-15-42(16-11-24)21-32(46)43-17-12-27(45)13-18-43/h3,6-9,19-20,24,27,39,41,45H,10-18,21,23H2,1-2H3. The van der Waals surface area contributed by atoms with E-state index < -0.39 is 18.1 Å². The Balaban J connectivity index is 1.24. The monoisotopic (exact) mass is 635 g/mol. The van der Waals surface area contributed by atoms with E-state index in [1.165, 1.54) is 4.57 Å². The van der Waals surface area contributed by atoms with Crippen LogP contribution in [-0.4, -0.2) is 88.0 Å². The van der Waals surface area contributed by atoms with Crippen molar-refractivity contribution in [1.29, 1.82) is 5.26 Å². The molecule has 0 radical (unpaired) electrons. The Labute approximate surface area is 267 Å². The zero-order valence-corrected chi connectivity index (χ0v) is 26.2. The van der Waals surface area contributed by atoms with Crippen molar-refractivity contribution in [2.75, 3.05) is 49.9 Å². The number of benzene rings is 1. The number of aliphatic hydroxyl groups excluding tert-OH is 1. The molecule has 0 saturated carbocycles. The maximum Gasteiger partial charge on any atom is 0.406 e. The molecule has 0 unspecified atom stereocenters. The highest BCUT2D eigenvalue weighted by Crippen LogP contribution is 2.31. The molecule has 0 atom stereocenters. The first kappa shape index (κ1) is 33.1. The highest BCUT2D eigenvalue weighted by atomic mass is 19.4. The molecule has 2 aliphatic rings. The normalized spacial score (nSPS) is 16.9. The number of nitrogens with one attached hydrogen (secondary N) is 2. The minimum absolute atomic E-state index is 0.0899. The minimum Gasteiger partial charge on any atom is -0.393 e. The molecule has 244 valence electrons. The van der Waals surface area contributed by atoms with Crippen LogP contribution in [0.2, 0.25) is 0 Å². The summed E-state index contributed by atoms with van der Waals surface area (Å²) in [6.45, 7) is 5.63. The Hall–Kier alpha value is -4.26. The molecule has 3 N–H and O–H groups in total. The van der Waals surface area contributed by atoms with Crippen molar-refractivity contribution >= 4 is 28.2 Å². The number of nitrogens with zero attached hydrogens (tertiary/aromatic N) is 5. The topological polar surface area (TPSA) is 109 Å². The SMILES string of the molecule is CC(C)(C#N)c1ccc(NCC#Cc2cc3c(NC4CCN(CC(=O)N5CCC(O)CC5)CC4)cccc3n2CC(F)(F)F)cn1. The van der Waals surface area contributed by atoms with Crippen molar-refractivity contribution < 1.29 is 23.1 Å². The Bertz CT molecular complexity index is 1620.